The monoisotopic (exact) mass is 457 g/mol. The third-order valence-corrected chi connectivity index (χ3v) is 5.97. The molecule has 0 radical (unpaired) electrons. The van der Waals surface area contributed by atoms with Crippen molar-refractivity contribution in [3.63, 3.8) is 0 Å². The summed E-state index contributed by atoms with van der Waals surface area (Å²) in [6.45, 7) is 8.85. The smallest absolute Gasteiger partial charge is 0.243 e. The van der Waals surface area contributed by atoms with Crippen LogP contribution in [-0.2, 0) is 4.79 Å². The molecule has 10 heteroatoms. The van der Waals surface area contributed by atoms with Gasteiger partial charge in [-0.1, -0.05) is 13.8 Å². The summed E-state index contributed by atoms with van der Waals surface area (Å²) < 4.78 is 28.9. The van der Waals surface area contributed by atoms with Gasteiger partial charge in [-0.05, 0) is 24.9 Å². The van der Waals surface area contributed by atoms with Crippen LogP contribution in [0, 0.1) is 17.6 Å². The summed E-state index contributed by atoms with van der Waals surface area (Å²) in [6, 6.07) is 3.40. The lowest BCUT2D eigenvalue weighted by atomic mass is 10.0. The van der Waals surface area contributed by atoms with Crippen molar-refractivity contribution in [1.82, 2.24) is 29.7 Å². The number of carbonyl (C=O) groups excluding carboxylic acids is 1. The fourth-order valence-corrected chi connectivity index (χ4v) is 4.24. The largest absolute Gasteiger partial charge is 0.354 e. The van der Waals surface area contributed by atoms with E-state index in [4.69, 9.17) is 0 Å². The molecule has 33 heavy (non-hydrogen) atoms. The van der Waals surface area contributed by atoms with Crippen molar-refractivity contribution >= 4 is 22.9 Å². The van der Waals surface area contributed by atoms with E-state index < -0.39 is 17.7 Å². The number of imidazole rings is 1. The summed E-state index contributed by atoms with van der Waals surface area (Å²) in [5.41, 5.74) is 0.732. The Morgan fingerprint density at radius 1 is 1.06 bits per heavy atom. The van der Waals surface area contributed by atoms with Gasteiger partial charge >= 0.3 is 0 Å². The van der Waals surface area contributed by atoms with E-state index in [1.807, 2.05) is 19.9 Å². The van der Waals surface area contributed by atoms with Crippen LogP contribution >= 0.6 is 0 Å². The predicted molar refractivity (Wildman–Crippen MR) is 122 cm³/mol. The molecule has 3 heterocycles. The third-order valence-electron chi connectivity index (χ3n) is 5.97. The molecule has 1 aliphatic heterocycles. The minimum Gasteiger partial charge on any atom is -0.354 e. The van der Waals surface area contributed by atoms with Crippen molar-refractivity contribution in [2.75, 3.05) is 44.2 Å². The molecule has 1 amide bonds. The van der Waals surface area contributed by atoms with E-state index in [-0.39, 0.29) is 11.8 Å². The second-order valence-electron chi connectivity index (χ2n) is 8.62. The fraction of sp³-hybridized carbons (Fsp3) is 0.478. The highest BCUT2D eigenvalue weighted by molar-refractivity contribution is 5.84. The minimum absolute atomic E-state index is 0.0520. The van der Waals surface area contributed by atoms with Crippen LogP contribution in [0.2, 0.25) is 0 Å². The van der Waals surface area contributed by atoms with E-state index in [2.05, 4.69) is 30.1 Å². The summed E-state index contributed by atoms with van der Waals surface area (Å²) in [5.74, 6) is -1.34. The maximum atomic E-state index is 13.8. The number of nitrogens with one attached hydrogen (secondary N) is 1. The van der Waals surface area contributed by atoms with E-state index in [0.29, 0.717) is 17.6 Å². The number of rotatable bonds is 8. The first-order valence-electron chi connectivity index (χ1n) is 11.3. The molecule has 176 valence electrons. The zero-order valence-electron chi connectivity index (χ0n) is 18.9. The molecular weight excluding hydrogens is 428 g/mol. The molecule has 0 spiro atoms. The van der Waals surface area contributed by atoms with E-state index in [0.717, 1.165) is 57.2 Å². The maximum Gasteiger partial charge on any atom is 0.243 e. The predicted octanol–water partition coefficient (Wildman–Crippen LogP) is 2.63. The lowest BCUT2D eigenvalue weighted by molar-refractivity contribution is -0.125. The van der Waals surface area contributed by atoms with Crippen LogP contribution < -0.4 is 10.2 Å². The van der Waals surface area contributed by atoms with Gasteiger partial charge in [0.15, 0.2) is 11.6 Å². The quantitative estimate of drug-likeness (QED) is 0.524. The van der Waals surface area contributed by atoms with Crippen LogP contribution in [0.5, 0.6) is 0 Å². The molecule has 1 atom stereocenters. The van der Waals surface area contributed by atoms with Gasteiger partial charge in [-0.25, -0.2) is 23.7 Å². The Morgan fingerprint density at radius 3 is 2.45 bits per heavy atom. The van der Waals surface area contributed by atoms with Gasteiger partial charge in [0, 0.05) is 57.3 Å². The van der Waals surface area contributed by atoms with Gasteiger partial charge < -0.3 is 14.8 Å². The van der Waals surface area contributed by atoms with Gasteiger partial charge in [-0.15, -0.1) is 0 Å². The van der Waals surface area contributed by atoms with Crippen LogP contribution in [0.25, 0.3) is 11.0 Å². The van der Waals surface area contributed by atoms with Crippen LogP contribution in [0.4, 0.5) is 14.7 Å². The first-order valence-corrected chi connectivity index (χ1v) is 11.3. The highest BCUT2D eigenvalue weighted by Crippen LogP contribution is 2.25. The Bertz CT molecular complexity index is 1080. The number of piperazine rings is 1. The fourth-order valence-electron chi connectivity index (χ4n) is 4.24. The molecule has 2 aromatic heterocycles. The van der Waals surface area contributed by atoms with Crippen molar-refractivity contribution < 1.29 is 13.6 Å². The van der Waals surface area contributed by atoms with Gasteiger partial charge in [0.2, 0.25) is 11.9 Å². The Morgan fingerprint density at radius 2 is 1.76 bits per heavy atom. The van der Waals surface area contributed by atoms with Gasteiger partial charge in [-0.3, -0.25) is 9.69 Å². The summed E-state index contributed by atoms with van der Waals surface area (Å²) in [7, 11) is 0. The zero-order valence-corrected chi connectivity index (χ0v) is 18.9. The summed E-state index contributed by atoms with van der Waals surface area (Å²) in [4.78, 5) is 30.3. The molecular formula is C23H29F2N7O. The number of anilines is 1. The Hall–Kier alpha value is -3.14. The number of fused-ring (bicyclic) bond motifs is 1. The molecule has 1 fully saturated rings. The number of carbonyl (C=O) groups is 1. The maximum absolute atomic E-state index is 13.8. The molecule has 1 saturated heterocycles. The average Bonchev–Trinajstić information content (AvgIpc) is 3.20. The van der Waals surface area contributed by atoms with E-state index in [9.17, 15) is 13.6 Å². The topological polar surface area (TPSA) is 79.2 Å². The van der Waals surface area contributed by atoms with E-state index >= 15 is 0 Å². The van der Waals surface area contributed by atoms with Crippen molar-refractivity contribution in [2.45, 2.75) is 26.3 Å². The third kappa shape index (κ3) is 5.27. The lowest BCUT2D eigenvalue weighted by Gasteiger charge is -2.34. The second kappa shape index (κ2) is 10.2. The van der Waals surface area contributed by atoms with Crippen LogP contribution in [0.3, 0.4) is 0 Å². The number of hydrogen-bond donors (Lipinski definition) is 1. The first kappa shape index (κ1) is 23.0. The van der Waals surface area contributed by atoms with Crippen molar-refractivity contribution in [1.29, 1.82) is 0 Å². The van der Waals surface area contributed by atoms with Gasteiger partial charge in [0.1, 0.15) is 6.04 Å². The Labute approximate surface area is 191 Å². The number of hydrogen-bond acceptors (Lipinski definition) is 6. The van der Waals surface area contributed by atoms with Crippen LogP contribution in [0.15, 0.2) is 36.9 Å². The first-order chi connectivity index (χ1) is 15.9. The average molecular weight is 458 g/mol. The van der Waals surface area contributed by atoms with Gasteiger partial charge in [0.05, 0.1) is 17.4 Å². The highest BCUT2D eigenvalue weighted by Gasteiger charge is 2.26. The second-order valence-corrected chi connectivity index (χ2v) is 8.62. The molecule has 4 rings (SSSR count). The normalized spacial score (nSPS) is 15.8. The SMILES string of the molecule is CC(C)C(C(=O)NCCCN1CCN(c2ncccn2)CC1)n1cnc2cc(F)c(F)cc21. The molecule has 1 unspecified atom stereocenters. The number of nitrogens with zero attached hydrogens (tertiary/aromatic N) is 6. The molecule has 8 nitrogen and oxygen atoms in total. The summed E-state index contributed by atoms with van der Waals surface area (Å²) in [5, 5.41) is 3.00. The Kier molecular flexibility index (Phi) is 7.12. The van der Waals surface area contributed by atoms with Crippen LogP contribution in [-0.4, -0.2) is 69.6 Å². The lowest BCUT2D eigenvalue weighted by Crippen LogP contribution is -2.47. The van der Waals surface area contributed by atoms with Gasteiger partial charge in [-0.2, -0.15) is 0 Å². The molecule has 0 aliphatic carbocycles. The molecule has 3 aromatic rings. The summed E-state index contributed by atoms with van der Waals surface area (Å²) >= 11 is 0. The molecule has 0 saturated carbocycles. The van der Waals surface area contributed by atoms with E-state index in [1.54, 1.807) is 17.0 Å². The van der Waals surface area contributed by atoms with E-state index in [1.165, 1.54) is 6.33 Å². The molecule has 1 aliphatic rings. The molecule has 0 bridgehead atoms. The number of halogens is 2. The minimum atomic E-state index is -0.953. The molecule has 1 N–H and O–H groups in total. The zero-order chi connectivity index (χ0) is 23.4. The number of amides is 1. The molecule has 1 aromatic carbocycles. The summed E-state index contributed by atoms with van der Waals surface area (Å²) in [6.07, 6.45) is 5.80. The van der Waals surface area contributed by atoms with Crippen molar-refractivity contribution in [3.05, 3.63) is 48.6 Å². The Balaban J connectivity index is 1.28. The number of aromatic nitrogens is 4. The van der Waals surface area contributed by atoms with Crippen molar-refractivity contribution in [2.24, 2.45) is 5.92 Å². The van der Waals surface area contributed by atoms with Crippen LogP contribution in [0.1, 0.15) is 26.3 Å². The van der Waals surface area contributed by atoms with Crippen molar-refractivity contribution in [3.8, 4) is 0 Å². The number of benzene rings is 1. The van der Waals surface area contributed by atoms with Gasteiger partial charge in [0.25, 0.3) is 0 Å². The standard InChI is InChI=1S/C23H29F2N7O/c1-16(2)21(32-15-29-19-13-17(24)18(25)14-20(19)32)22(33)26-7-4-8-30-9-11-31(12-10-30)23-27-5-3-6-28-23/h3,5-6,13-16,21H,4,7-12H2,1-2H3,(H,26,33). The highest BCUT2D eigenvalue weighted by atomic mass is 19.2.